The van der Waals surface area contributed by atoms with Crippen LogP contribution < -0.4 is 5.73 Å². The molecule has 0 saturated carbocycles. The second-order valence-electron chi connectivity index (χ2n) is 3.45. The van der Waals surface area contributed by atoms with Crippen molar-refractivity contribution in [3.05, 3.63) is 12.2 Å². The number of amides is 1. The third kappa shape index (κ3) is 3.12. The average molecular weight is 199 g/mol. The first-order chi connectivity index (χ1) is 6.66. The Kier molecular flexibility index (Phi) is 4.10. The molecule has 1 rings (SSSR count). The predicted octanol–water partition coefficient (Wildman–Crippen LogP) is 0.346. The molecule has 0 aromatic carbocycles. The van der Waals surface area contributed by atoms with Crippen molar-refractivity contribution in [1.82, 2.24) is 0 Å². The summed E-state index contributed by atoms with van der Waals surface area (Å²) in [5.74, 6) is -0.488. The monoisotopic (exact) mass is 199 g/mol. The van der Waals surface area contributed by atoms with Gasteiger partial charge in [0, 0.05) is 0 Å². The normalized spacial score (nSPS) is 27.9. The minimum atomic E-state index is -0.575. The molecule has 0 radical (unpaired) electrons. The second kappa shape index (κ2) is 5.12. The van der Waals surface area contributed by atoms with E-state index in [0.717, 1.165) is 12.8 Å². The van der Waals surface area contributed by atoms with Crippen LogP contribution in [0.3, 0.4) is 0 Å². The Morgan fingerprint density at radius 2 is 2.36 bits per heavy atom. The first-order valence-corrected chi connectivity index (χ1v) is 4.94. The molecule has 3 atom stereocenters. The van der Waals surface area contributed by atoms with Crippen molar-refractivity contribution < 1.29 is 14.6 Å². The third-order valence-corrected chi connectivity index (χ3v) is 2.22. The van der Waals surface area contributed by atoms with Gasteiger partial charge >= 0.3 is 0 Å². The lowest BCUT2D eigenvalue weighted by molar-refractivity contribution is -0.119. The summed E-state index contributed by atoms with van der Waals surface area (Å²) in [6.07, 6.45) is 4.97. The fourth-order valence-corrected chi connectivity index (χ4v) is 1.36. The zero-order chi connectivity index (χ0) is 10.6. The summed E-state index contributed by atoms with van der Waals surface area (Å²) in [7, 11) is 0. The molecule has 1 heterocycles. The molecule has 4 nitrogen and oxygen atoms in total. The van der Waals surface area contributed by atoms with Gasteiger partial charge in [-0.05, 0) is 19.3 Å². The number of aliphatic hydroxyl groups is 1. The van der Waals surface area contributed by atoms with Crippen molar-refractivity contribution in [2.45, 2.75) is 44.5 Å². The molecule has 1 saturated heterocycles. The molecule has 0 bridgehead atoms. The Labute approximate surface area is 83.7 Å². The minimum Gasteiger partial charge on any atom is -0.390 e. The van der Waals surface area contributed by atoms with E-state index >= 15 is 0 Å². The van der Waals surface area contributed by atoms with Crippen molar-refractivity contribution in [2.75, 3.05) is 0 Å². The van der Waals surface area contributed by atoms with Crippen LogP contribution in [0.1, 0.15) is 26.2 Å². The standard InChI is InChI=1S/C10H17NO3/c1-2-3-4-5-6-7(12)8-9(14-8)10(11)13/h3-4,7-9,12H,2,5-6H2,1H3,(H2,11,13)/b4-3+/t7-,8-,9-/m1/s1. The van der Waals surface area contributed by atoms with Crippen LogP contribution in [-0.2, 0) is 9.53 Å². The summed E-state index contributed by atoms with van der Waals surface area (Å²) >= 11 is 0. The van der Waals surface area contributed by atoms with Crippen LogP contribution >= 0.6 is 0 Å². The van der Waals surface area contributed by atoms with Crippen molar-refractivity contribution in [3.8, 4) is 0 Å². The zero-order valence-electron chi connectivity index (χ0n) is 8.35. The fourth-order valence-electron chi connectivity index (χ4n) is 1.36. The molecule has 1 fully saturated rings. The van der Waals surface area contributed by atoms with E-state index in [1.165, 1.54) is 0 Å². The summed E-state index contributed by atoms with van der Waals surface area (Å²) < 4.78 is 4.95. The smallest absolute Gasteiger partial charge is 0.249 e. The largest absolute Gasteiger partial charge is 0.390 e. The first-order valence-electron chi connectivity index (χ1n) is 4.94. The molecular formula is C10H17NO3. The van der Waals surface area contributed by atoms with Gasteiger partial charge in [0.25, 0.3) is 0 Å². The molecular weight excluding hydrogens is 182 g/mol. The topological polar surface area (TPSA) is 75.8 Å². The number of allylic oxidation sites excluding steroid dienone is 2. The van der Waals surface area contributed by atoms with E-state index in [0.29, 0.717) is 6.42 Å². The molecule has 3 N–H and O–H groups in total. The summed E-state index contributed by atoms with van der Waals surface area (Å²) in [5, 5.41) is 9.54. The fraction of sp³-hybridized carbons (Fsp3) is 0.700. The van der Waals surface area contributed by atoms with Gasteiger partial charge in [-0.25, -0.2) is 0 Å². The van der Waals surface area contributed by atoms with Crippen LogP contribution in [0, 0.1) is 0 Å². The molecule has 4 heteroatoms. The number of primary amides is 1. The zero-order valence-corrected chi connectivity index (χ0v) is 8.35. The van der Waals surface area contributed by atoms with Crippen LogP contribution in [0.2, 0.25) is 0 Å². The summed E-state index contributed by atoms with van der Waals surface area (Å²) in [6, 6.07) is 0. The quantitative estimate of drug-likeness (QED) is 0.478. The maximum Gasteiger partial charge on any atom is 0.249 e. The van der Waals surface area contributed by atoms with Gasteiger partial charge in [0.1, 0.15) is 6.10 Å². The number of carbonyl (C=O) groups excluding carboxylic acids is 1. The molecule has 1 aliphatic rings. The number of rotatable bonds is 6. The molecule has 0 aromatic heterocycles. The molecule has 0 aromatic rings. The summed E-state index contributed by atoms with van der Waals surface area (Å²) in [6.45, 7) is 2.06. The van der Waals surface area contributed by atoms with Gasteiger partial charge in [-0.15, -0.1) is 0 Å². The Hall–Kier alpha value is -0.870. The molecule has 14 heavy (non-hydrogen) atoms. The lowest BCUT2D eigenvalue weighted by Crippen LogP contribution is -2.25. The van der Waals surface area contributed by atoms with Crippen LogP contribution in [0.25, 0.3) is 0 Å². The maximum atomic E-state index is 10.6. The lowest BCUT2D eigenvalue weighted by Gasteiger charge is -2.03. The van der Waals surface area contributed by atoms with Gasteiger partial charge in [-0.3, -0.25) is 4.79 Å². The lowest BCUT2D eigenvalue weighted by atomic mass is 10.1. The number of hydrogen-bond donors (Lipinski definition) is 2. The molecule has 0 spiro atoms. The van der Waals surface area contributed by atoms with E-state index in [4.69, 9.17) is 10.5 Å². The molecule has 80 valence electrons. The third-order valence-electron chi connectivity index (χ3n) is 2.22. The van der Waals surface area contributed by atoms with Crippen molar-refractivity contribution >= 4 is 5.91 Å². The number of epoxide rings is 1. The van der Waals surface area contributed by atoms with Crippen molar-refractivity contribution in [3.63, 3.8) is 0 Å². The Morgan fingerprint density at radius 3 is 2.86 bits per heavy atom. The SMILES string of the molecule is CC/C=C/CC[C@@H](O)[C@H]1O[C@H]1C(N)=O. The number of nitrogens with two attached hydrogens (primary N) is 1. The highest BCUT2D eigenvalue weighted by Gasteiger charge is 2.47. The highest BCUT2D eigenvalue weighted by atomic mass is 16.6. The van der Waals surface area contributed by atoms with Gasteiger partial charge in [0.2, 0.25) is 5.91 Å². The Morgan fingerprint density at radius 1 is 1.64 bits per heavy atom. The van der Waals surface area contributed by atoms with E-state index in [2.05, 4.69) is 6.92 Å². The molecule has 1 amide bonds. The van der Waals surface area contributed by atoms with Crippen LogP contribution in [0.15, 0.2) is 12.2 Å². The van der Waals surface area contributed by atoms with Crippen molar-refractivity contribution in [1.29, 1.82) is 0 Å². The highest BCUT2D eigenvalue weighted by Crippen LogP contribution is 2.27. The summed E-state index contributed by atoms with van der Waals surface area (Å²) in [4.78, 5) is 10.6. The van der Waals surface area contributed by atoms with E-state index in [-0.39, 0.29) is 6.10 Å². The van der Waals surface area contributed by atoms with Crippen molar-refractivity contribution in [2.24, 2.45) is 5.73 Å². The molecule has 0 aliphatic carbocycles. The van der Waals surface area contributed by atoms with Gasteiger partial charge in [-0.2, -0.15) is 0 Å². The molecule has 0 unspecified atom stereocenters. The van der Waals surface area contributed by atoms with E-state index in [9.17, 15) is 9.90 Å². The van der Waals surface area contributed by atoms with Gasteiger partial charge in [0.05, 0.1) is 6.10 Å². The Bertz CT molecular complexity index is 227. The number of ether oxygens (including phenoxy) is 1. The highest BCUT2D eigenvalue weighted by molar-refractivity contribution is 5.81. The van der Waals surface area contributed by atoms with Gasteiger partial charge in [-0.1, -0.05) is 19.1 Å². The second-order valence-corrected chi connectivity index (χ2v) is 3.45. The van der Waals surface area contributed by atoms with Crippen LogP contribution in [0.5, 0.6) is 0 Å². The predicted molar refractivity (Wildman–Crippen MR) is 52.5 cm³/mol. The molecule has 1 aliphatic heterocycles. The van der Waals surface area contributed by atoms with Crippen LogP contribution in [-0.4, -0.2) is 29.3 Å². The maximum absolute atomic E-state index is 10.6. The first kappa shape index (κ1) is 11.2. The van der Waals surface area contributed by atoms with E-state index in [1.807, 2.05) is 12.2 Å². The number of aliphatic hydroxyl groups excluding tert-OH is 1. The number of carbonyl (C=O) groups is 1. The summed E-state index contributed by atoms with van der Waals surface area (Å²) in [5.41, 5.74) is 5.01. The Balaban J connectivity index is 2.15. The number of hydrogen-bond acceptors (Lipinski definition) is 3. The average Bonchev–Trinajstić information content (AvgIpc) is 2.91. The van der Waals surface area contributed by atoms with E-state index < -0.39 is 18.1 Å². The minimum absolute atomic E-state index is 0.373. The van der Waals surface area contributed by atoms with Gasteiger partial charge in [0.15, 0.2) is 6.10 Å². The van der Waals surface area contributed by atoms with Gasteiger partial charge < -0.3 is 15.6 Å². The van der Waals surface area contributed by atoms with E-state index in [1.54, 1.807) is 0 Å². The van der Waals surface area contributed by atoms with Crippen LogP contribution in [0.4, 0.5) is 0 Å².